The lowest BCUT2D eigenvalue weighted by molar-refractivity contribution is 0.488. The van der Waals surface area contributed by atoms with Gasteiger partial charge < -0.3 is 19.6 Å². The van der Waals surface area contributed by atoms with E-state index in [1.54, 1.807) is 13.4 Å². The van der Waals surface area contributed by atoms with E-state index in [1.165, 1.54) is 0 Å². The van der Waals surface area contributed by atoms with Crippen LogP contribution < -0.4 is 10.6 Å². The molecule has 0 fully saturated rings. The normalized spacial score (nSPS) is 13.2. The lowest BCUT2D eigenvalue weighted by Gasteiger charge is -2.16. The highest BCUT2D eigenvalue weighted by atomic mass is 16.3. The molecule has 0 saturated carbocycles. The Labute approximate surface area is 140 Å². The number of nitrogens with one attached hydrogen (secondary N) is 2. The number of guanidine groups is 1. The molecule has 3 aromatic rings. The van der Waals surface area contributed by atoms with Gasteiger partial charge in [-0.1, -0.05) is 18.2 Å². The summed E-state index contributed by atoms with van der Waals surface area (Å²) in [5.74, 6) is 2.43. The van der Waals surface area contributed by atoms with Crippen LogP contribution in [0.2, 0.25) is 0 Å². The van der Waals surface area contributed by atoms with Gasteiger partial charge in [-0.2, -0.15) is 0 Å². The van der Waals surface area contributed by atoms with Gasteiger partial charge in [0.05, 0.1) is 12.6 Å². The van der Waals surface area contributed by atoms with Gasteiger partial charge in [0, 0.05) is 19.0 Å². The molecule has 2 heterocycles. The number of aliphatic imine (C=N–C) groups is 1. The van der Waals surface area contributed by atoms with Gasteiger partial charge in [0.15, 0.2) is 11.8 Å². The smallest absolute Gasteiger partial charge is 0.191 e. The summed E-state index contributed by atoms with van der Waals surface area (Å²) < 4.78 is 7.88. The van der Waals surface area contributed by atoms with E-state index in [4.69, 9.17) is 4.42 Å². The summed E-state index contributed by atoms with van der Waals surface area (Å²) in [6.07, 6.45) is 1.73. The highest BCUT2D eigenvalue weighted by molar-refractivity contribution is 5.81. The second-order valence-electron chi connectivity index (χ2n) is 5.51. The van der Waals surface area contributed by atoms with E-state index in [2.05, 4.69) is 32.7 Å². The average molecular weight is 326 g/mol. The average Bonchev–Trinajstić information content (AvgIpc) is 3.24. The van der Waals surface area contributed by atoms with Crippen LogP contribution in [0.15, 0.2) is 46.1 Å². The molecular weight excluding hydrogens is 304 g/mol. The number of nitrogens with zero attached hydrogens (tertiary/aromatic N) is 4. The standard InChI is InChI=1S/C17H22N6O/c1-4-23-11-20-22-16(23)10-19-17(18-3)21-12(2)15-9-13-7-5-6-8-14(13)24-15/h5-9,11-12H,4,10H2,1-3H3,(H2,18,19,21). The molecule has 0 bridgehead atoms. The van der Waals surface area contributed by atoms with Crippen LogP contribution in [0.5, 0.6) is 0 Å². The third-order valence-electron chi connectivity index (χ3n) is 3.90. The number of aryl methyl sites for hydroxylation is 1. The van der Waals surface area contributed by atoms with Crippen LogP contribution >= 0.6 is 0 Å². The van der Waals surface area contributed by atoms with Crippen molar-refractivity contribution in [3.05, 3.63) is 48.2 Å². The fourth-order valence-corrected chi connectivity index (χ4v) is 2.53. The SMILES string of the molecule is CCn1cnnc1CNC(=NC)NC(C)c1cc2ccccc2o1. The van der Waals surface area contributed by atoms with Crippen molar-refractivity contribution in [1.29, 1.82) is 0 Å². The molecule has 2 aromatic heterocycles. The third-order valence-corrected chi connectivity index (χ3v) is 3.90. The molecule has 0 aliphatic rings. The van der Waals surface area contributed by atoms with E-state index in [1.807, 2.05) is 41.8 Å². The number of hydrogen-bond acceptors (Lipinski definition) is 4. The zero-order chi connectivity index (χ0) is 16.9. The van der Waals surface area contributed by atoms with Crippen molar-refractivity contribution < 1.29 is 4.42 Å². The number of benzene rings is 1. The number of fused-ring (bicyclic) bond motifs is 1. The van der Waals surface area contributed by atoms with E-state index in [0.29, 0.717) is 12.5 Å². The predicted molar refractivity (Wildman–Crippen MR) is 93.7 cm³/mol. The number of para-hydroxylation sites is 1. The van der Waals surface area contributed by atoms with Gasteiger partial charge in [-0.25, -0.2) is 0 Å². The number of aromatic nitrogens is 3. The number of furan rings is 1. The molecule has 0 amide bonds. The first-order valence-corrected chi connectivity index (χ1v) is 8.03. The molecule has 0 radical (unpaired) electrons. The Hall–Kier alpha value is -2.83. The van der Waals surface area contributed by atoms with Crippen molar-refractivity contribution in [2.24, 2.45) is 4.99 Å². The van der Waals surface area contributed by atoms with E-state index in [-0.39, 0.29) is 6.04 Å². The van der Waals surface area contributed by atoms with E-state index >= 15 is 0 Å². The third kappa shape index (κ3) is 3.40. The first-order chi connectivity index (χ1) is 11.7. The molecule has 1 unspecified atom stereocenters. The topological polar surface area (TPSA) is 80.3 Å². The Balaban J connectivity index is 1.64. The highest BCUT2D eigenvalue weighted by Crippen LogP contribution is 2.23. The predicted octanol–water partition coefficient (Wildman–Crippen LogP) is 2.47. The molecular formula is C17H22N6O. The van der Waals surface area contributed by atoms with Crippen LogP contribution in [0, 0.1) is 0 Å². The first-order valence-electron chi connectivity index (χ1n) is 8.03. The van der Waals surface area contributed by atoms with Crippen LogP contribution in [0.4, 0.5) is 0 Å². The molecule has 126 valence electrons. The van der Waals surface area contributed by atoms with Crippen molar-refractivity contribution in [2.75, 3.05) is 7.05 Å². The molecule has 7 heteroatoms. The van der Waals surface area contributed by atoms with Gasteiger partial charge in [-0.05, 0) is 26.0 Å². The zero-order valence-corrected chi connectivity index (χ0v) is 14.2. The molecule has 1 atom stereocenters. The maximum atomic E-state index is 5.89. The minimum absolute atomic E-state index is 0.00681. The van der Waals surface area contributed by atoms with Gasteiger partial charge in [0.25, 0.3) is 0 Å². The van der Waals surface area contributed by atoms with Gasteiger partial charge in [0.1, 0.15) is 17.7 Å². The van der Waals surface area contributed by atoms with Crippen LogP contribution in [0.3, 0.4) is 0 Å². The lowest BCUT2D eigenvalue weighted by atomic mass is 10.2. The summed E-state index contributed by atoms with van der Waals surface area (Å²) in [5.41, 5.74) is 0.889. The minimum Gasteiger partial charge on any atom is -0.459 e. The Kier molecular flexibility index (Phi) is 4.79. The number of rotatable bonds is 5. The Morgan fingerprint density at radius 3 is 2.96 bits per heavy atom. The molecule has 0 spiro atoms. The van der Waals surface area contributed by atoms with Gasteiger partial charge in [-0.3, -0.25) is 4.99 Å². The van der Waals surface area contributed by atoms with E-state index < -0.39 is 0 Å². The Bertz CT molecular complexity index is 801. The molecule has 0 aliphatic heterocycles. The summed E-state index contributed by atoms with van der Waals surface area (Å²) in [6.45, 7) is 5.49. The van der Waals surface area contributed by atoms with Crippen molar-refractivity contribution in [2.45, 2.75) is 33.0 Å². The van der Waals surface area contributed by atoms with Crippen LogP contribution in [-0.2, 0) is 13.1 Å². The maximum absolute atomic E-state index is 5.89. The largest absolute Gasteiger partial charge is 0.459 e. The summed E-state index contributed by atoms with van der Waals surface area (Å²) >= 11 is 0. The van der Waals surface area contributed by atoms with Crippen molar-refractivity contribution in [1.82, 2.24) is 25.4 Å². The van der Waals surface area contributed by atoms with Gasteiger partial charge in [-0.15, -0.1) is 10.2 Å². The summed E-state index contributed by atoms with van der Waals surface area (Å²) in [4.78, 5) is 4.26. The Morgan fingerprint density at radius 2 is 2.21 bits per heavy atom. The minimum atomic E-state index is -0.00681. The van der Waals surface area contributed by atoms with Crippen LogP contribution in [0.1, 0.15) is 31.5 Å². The molecule has 0 aliphatic carbocycles. The van der Waals surface area contributed by atoms with Crippen molar-refractivity contribution in [3.63, 3.8) is 0 Å². The van der Waals surface area contributed by atoms with Gasteiger partial charge in [0.2, 0.25) is 0 Å². The van der Waals surface area contributed by atoms with Crippen LogP contribution in [0.25, 0.3) is 11.0 Å². The summed E-state index contributed by atoms with van der Waals surface area (Å²) in [7, 11) is 1.74. The van der Waals surface area contributed by atoms with E-state index in [9.17, 15) is 0 Å². The van der Waals surface area contributed by atoms with Crippen molar-refractivity contribution in [3.8, 4) is 0 Å². The second-order valence-corrected chi connectivity index (χ2v) is 5.51. The number of hydrogen-bond donors (Lipinski definition) is 2. The van der Waals surface area contributed by atoms with Crippen molar-refractivity contribution >= 4 is 16.9 Å². The zero-order valence-electron chi connectivity index (χ0n) is 14.2. The summed E-state index contributed by atoms with van der Waals surface area (Å²) in [5, 5.41) is 15.7. The van der Waals surface area contributed by atoms with Gasteiger partial charge >= 0.3 is 0 Å². The molecule has 7 nitrogen and oxygen atoms in total. The van der Waals surface area contributed by atoms with E-state index in [0.717, 1.165) is 29.1 Å². The fraction of sp³-hybridized carbons (Fsp3) is 0.353. The monoisotopic (exact) mass is 326 g/mol. The maximum Gasteiger partial charge on any atom is 0.191 e. The Morgan fingerprint density at radius 1 is 1.38 bits per heavy atom. The van der Waals surface area contributed by atoms with Crippen LogP contribution in [-0.4, -0.2) is 27.8 Å². The summed E-state index contributed by atoms with van der Waals surface area (Å²) in [6, 6.07) is 10.0. The quantitative estimate of drug-likeness (QED) is 0.556. The molecule has 0 saturated heterocycles. The molecule has 2 N–H and O–H groups in total. The fourth-order valence-electron chi connectivity index (χ4n) is 2.53. The second kappa shape index (κ2) is 7.16. The molecule has 3 rings (SSSR count). The molecule has 24 heavy (non-hydrogen) atoms. The highest BCUT2D eigenvalue weighted by Gasteiger charge is 2.13. The molecule has 1 aromatic carbocycles. The lowest BCUT2D eigenvalue weighted by Crippen LogP contribution is -2.38. The first kappa shape index (κ1) is 16.0.